The summed E-state index contributed by atoms with van der Waals surface area (Å²) < 4.78 is 43.2. The highest BCUT2D eigenvalue weighted by Gasteiger charge is 2.45. The lowest BCUT2D eigenvalue weighted by atomic mass is 9.86. The summed E-state index contributed by atoms with van der Waals surface area (Å²) in [6.45, 7) is 0.925. The fraction of sp³-hybridized carbons (Fsp3) is 0.290. The highest BCUT2D eigenvalue weighted by molar-refractivity contribution is 6.30. The molecule has 3 aromatic carbocycles. The summed E-state index contributed by atoms with van der Waals surface area (Å²) >= 11 is 5.87. The molecule has 3 amide bonds. The maximum atomic E-state index is 14.2. The number of alkyl halides is 3. The monoisotopic (exact) mass is 626 g/mol. The smallest absolute Gasteiger partial charge is 0.354 e. The van der Waals surface area contributed by atoms with Crippen LogP contribution in [0, 0.1) is 0 Å². The largest absolute Gasteiger partial charge is 0.434 e. The van der Waals surface area contributed by atoms with E-state index in [1.165, 1.54) is 24.3 Å². The van der Waals surface area contributed by atoms with E-state index in [-0.39, 0.29) is 43.9 Å². The van der Waals surface area contributed by atoms with Crippen molar-refractivity contribution in [1.82, 2.24) is 31.0 Å². The minimum absolute atomic E-state index is 0.0630. The average molecular weight is 627 g/mol. The fourth-order valence-electron chi connectivity index (χ4n) is 5.34. The predicted molar refractivity (Wildman–Crippen MR) is 160 cm³/mol. The molecule has 0 atom stereocenters. The van der Waals surface area contributed by atoms with E-state index in [9.17, 15) is 27.6 Å². The van der Waals surface area contributed by atoms with Crippen molar-refractivity contribution in [2.45, 2.75) is 31.0 Å². The third-order valence-corrected chi connectivity index (χ3v) is 7.81. The Hall–Kier alpha value is -4.42. The van der Waals surface area contributed by atoms with E-state index in [0.717, 1.165) is 22.5 Å². The highest BCUT2D eigenvalue weighted by atomic mass is 35.5. The van der Waals surface area contributed by atoms with Crippen molar-refractivity contribution in [3.8, 4) is 5.69 Å². The Morgan fingerprint density at radius 2 is 1.61 bits per heavy atom. The number of piperidine rings is 1. The Kier molecular flexibility index (Phi) is 9.21. The standard InChI is InChI=1S/C31H30ClF3N6O3/c32-22-8-10-23(11-9-22)41-27(31(33,34)35)25(19-39-41)28(43)40-30(12-14-36-15-13-30)29(44)38-17-16-37-26(42)18-21-6-3-5-20-4-1-2-7-24(20)21/h1-11,19,36H,12-18H2,(H,37,42)(H,38,44)(H,40,43). The van der Waals surface area contributed by atoms with E-state index in [1.54, 1.807) is 0 Å². The second-order valence-corrected chi connectivity index (χ2v) is 10.9. The number of carbonyl (C=O) groups is 3. The summed E-state index contributed by atoms with van der Waals surface area (Å²) in [5.74, 6) is -1.84. The van der Waals surface area contributed by atoms with Crippen LogP contribution in [-0.4, -0.2) is 59.2 Å². The maximum Gasteiger partial charge on any atom is 0.434 e. The van der Waals surface area contributed by atoms with Gasteiger partial charge in [0.2, 0.25) is 11.8 Å². The van der Waals surface area contributed by atoms with Crippen LogP contribution in [0.15, 0.2) is 72.9 Å². The van der Waals surface area contributed by atoms with Crippen LogP contribution in [0.3, 0.4) is 0 Å². The molecule has 0 bridgehead atoms. The quantitative estimate of drug-likeness (QED) is 0.210. The van der Waals surface area contributed by atoms with Gasteiger partial charge in [-0.3, -0.25) is 14.4 Å². The molecule has 4 N–H and O–H groups in total. The summed E-state index contributed by atoms with van der Waals surface area (Å²) in [7, 11) is 0. The molecule has 1 fully saturated rings. The topological polar surface area (TPSA) is 117 Å². The Bertz CT molecular complexity index is 1660. The Labute approximate surface area is 256 Å². The number of nitrogens with zero attached hydrogens (tertiary/aromatic N) is 2. The van der Waals surface area contributed by atoms with Crippen molar-refractivity contribution in [2.75, 3.05) is 26.2 Å². The molecule has 44 heavy (non-hydrogen) atoms. The first kappa shape index (κ1) is 31.0. The molecule has 0 spiro atoms. The second-order valence-electron chi connectivity index (χ2n) is 10.5. The number of benzene rings is 3. The first-order valence-corrected chi connectivity index (χ1v) is 14.4. The van der Waals surface area contributed by atoms with Crippen LogP contribution in [0.4, 0.5) is 13.2 Å². The van der Waals surface area contributed by atoms with E-state index >= 15 is 0 Å². The summed E-state index contributed by atoms with van der Waals surface area (Å²) in [5, 5.41) is 17.4. The molecule has 0 saturated carbocycles. The molecule has 1 aliphatic heterocycles. The van der Waals surface area contributed by atoms with Crippen LogP contribution in [0.25, 0.3) is 16.5 Å². The van der Waals surface area contributed by atoms with E-state index in [4.69, 9.17) is 11.6 Å². The molecule has 5 rings (SSSR count). The number of halogens is 4. The number of hydrogen-bond donors (Lipinski definition) is 4. The van der Waals surface area contributed by atoms with Crippen LogP contribution in [0.2, 0.25) is 5.02 Å². The van der Waals surface area contributed by atoms with Gasteiger partial charge in [0.25, 0.3) is 5.91 Å². The van der Waals surface area contributed by atoms with Gasteiger partial charge in [-0.05, 0) is 66.5 Å². The van der Waals surface area contributed by atoms with Gasteiger partial charge >= 0.3 is 6.18 Å². The second kappa shape index (κ2) is 13.1. The molecule has 1 saturated heterocycles. The fourth-order valence-corrected chi connectivity index (χ4v) is 5.47. The first-order valence-electron chi connectivity index (χ1n) is 14.0. The van der Waals surface area contributed by atoms with Gasteiger partial charge in [0, 0.05) is 18.1 Å². The number of carbonyl (C=O) groups excluding carboxylic acids is 3. The number of nitrogens with one attached hydrogen (secondary N) is 4. The van der Waals surface area contributed by atoms with E-state index < -0.39 is 34.8 Å². The predicted octanol–water partition coefficient (Wildman–Crippen LogP) is 4.02. The van der Waals surface area contributed by atoms with Crippen LogP contribution >= 0.6 is 11.6 Å². The molecule has 13 heteroatoms. The van der Waals surface area contributed by atoms with Crippen LogP contribution in [-0.2, 0) is 22.2 Å². The van der Waals surface area contributed by atoms with E-state index in [1.807, 2.05) is 42.5 Å². The van der Waals surface area contributed by atoms with Crippen LogP contribution in [0.1, 0.15) is 34.5 Å². The van der Waals surface area contributed by atoms with Gasteiger partial charge in [-0.2, -0.15) is 18.3 Å². The summed E-state index contributed by atoms with van der Waals surface area (Å²) in [6.07, 6.45) is -3.61. The summed E-state index contributed by atoms with van der Waals surface area (Å²) in [5.41, 5.74) is -2.49. The lowest BCUT2D eigenvalue weighted by Crippen LogP contribution is -2.63. The van der Waals surface area contributed by atoms with Crippen molar-refractivity contribution < 1.29 is 27.6 Å². The molecule has 1 aromatic heterocycles. The zero-order valence-electron chi connectivity index (χ0n) is 23.5. The first-order chi connectivity index (χ1) is 21.1. The number of amides is 3. The lowest BCUT2D eigenvalue weighted by Gasteiger charge is -2.37. The maximum absolute atomic E-state index is 14.2. The molecule has 0 radical (unpaired) electrons. The molecule has 230 valence electrons. The molecule has 1 aliphatic rings. The number of rotatable bonds is 9. The zero-order chi connectivity index (χ0) is 31.3. The Balaban J connectivity index is 1.24. The minimum Gasteiger partial charge on any atom is -0.354 e. The van der Waals surface area contributed by atoms with Gasteiger partial charge in [0.15, 0.2) is 5.69 Å². The van der Waals surface area contributed by atoms with Crippen molar-refractivity contribution >= 4 is 40.1 Å². The molecule has 0 unspecified atom stereocenters. The van der Waals surface area contributed by atoms with Gasteiger partial charge in [-0.15, -0.1) is 0 Å². The van der Waals surface area contributed by atoms with Crippen molar-refractivity contribution in [1.29, 1.82) is 0 Å². The molecular weight excluding hydrogens is 597 g/mol. The summed E-state index contributed by atoms with van der Waals surface area (Å²) in [6, 6.07) is 19.0. The molecular formula is C31H30ClF3N6O3. The third-order valence-electron chi connectivity index (χ3n) is 7.56. The van der Waals surface area contributed by atoms with Crippen molar-refractivity contribution in [3.05, 3.63) is 94.8 Å². The van der Waals surface area contributed by atoms with Gasteiger partial charge in [-0.1, -0.05) is 54.1 Å². The van der Waals surface area contributed by atoms with E-state index in [2.05, 4.69) is 26.4 Å². The third kappa shape index (κ3) is 6.87. The van der Waals surface area contributed by atoms with Gasteiger partial charge < -0.3 is 21.3 Å². The van der Waals surface area contributed by atoms with Crippen LogP contribution < -0.4 is 21.3 Å². The number of fused-ring (bicyclic) bond motifs is 1. The normalized spacial score (nSPS) is 14.6. The van der Waals surface area contributed by atoms with Gasteiger partial charge in [0.1, 0.15) is 5.54 Å². The number of hydrogen-bond acceptors (Lipinski definition) is 5. The molecule has 2 heterocycles. The summed E-state index contributed by atoms with van der Waals surface area (Å²) in [4.78, 5) is 39.3. The zero-order valence-corrected chi connectivity index (χ0v) is 24.3. The van der Waals surface area contributed by atoms with Gasteiger partial charge in [0.05, 0.1) is 23.9 Å². The van der Waals surface area contributed by atoms with E-state index in [0.29, 0.717) is 22.8 Å². The minimum atomic E-state index is -4.92. The average Bonchev–Trinajstić information content (AvgIpc) is 3.47. The van der Waals surface area contributed by atoms with Crippen molar-refractivity contribution in [2.24, 2.45) is 0 Å². The van der Waals surface area contributed by atoms with Gasteiger partial charge in [-0.25, -0.2) is 4.68 Å². The lowest BCUT2D eigenvalue weighted by molar-refractivity contribution is -0.143. The molecule has 9 nitrogen and oxygen atoms in total. The highest BCUT2D eigenvalue weighted by Crippen LogP contribution is 2.34. The number of aromatic nitrogens is 2. The molecule has 0 aliphatic carbocycles. The Morgan fingerprint density at radius 3 is 2.34 bits per heavy atom. The van der Waals surface area contributed by atoms with Crippen LogP contribution in [0.5, 0.6) is 0 Å². The SMILES string of the molecule is O=C(Cc1cccc2ccccc12)NCCNC(=O)C1(NC(=O)c2cnn(-c3ccc(Cl)cc3)c2C(F)(F)F)CCNCC1. The van der Waals surface area contributed by atoms with Crippen molar-refractivity contribution in [3.63, 3.8) is 0 Å². The Morgan fingerprint density at radius 1 is 0.932 bits per heavy atom. The molecule has 4 aromatic rings.